The molecule has 0 aliphatic carbocycles. The topological polar surface area (TPSA) is 90.5 Å². The highest BCUT2D eigenvalue weighted by Gasteiger charge is 2.19. The summed E-state index contributed by atoms with van der Waals surface area (Å²) >= 11 is 0. The van der Waals surface area contributed by atoms with Gasteiger partial charge in [0, 0.05) is 53.2 Å². The molecule has 0 bridgehead atoms. The van der Waals surface area contributed by atoms with Gasteiger partial charge < -0.3 is 14.6 Å². The molecule has 1 N–H and O–H groups in total. The van der Waals surface area contributed by atoms with Gasteiger partial charge in [-0.15, -0.1) is 0 Å². The van der Waals surface area contributed by atoms with Gasteiger partial charge in [0.25, 0.3) is 11.5 Å². The number of ether oxygens (including phenoxy) is 1. The van der Waals surface area contributed by atoms with E-state index in [-0.39, 0.29) is 11.5 Å². The highest BCUT2D eigenvalue weighted by molar-refractivity contribution is 6.18. The third-order valence-electron chi connectivity index (χ3n) is 6.40. The van der Waals surface area contributed by atoms with Crippen molar-refractivity contribution in [3.8, 4) is 5.75 Å². The van der Waals surface area contributed by atoms with E-state index < -0.39 is 6.10 Å². The normalized spacial score (nSPS) is 12.6. The maximum atomic E-state index is 13.4. The molecular weight excluding hydrogens is 442 g/mol. The maximum absolute atomic E-state index is 13.4. The summed E-state index contributed by atoms with van der Waals surface area (Å²) in [7, 11) is 0. The number of carbonyl (C=O) groups is 1. The van der Waals surface area contributed by atoms with E-state index in [0.29, 0.717) is 17.7 Å². The minimum absolute atomic E-state index is 0.0711. The van der Waals surface area contributed by atoms with E-state index in [0.717, 1.165) is 45.7 Å². The average Bonchev–Trinajstić information content (AvgIpc) is 3.52. The molecule has 0 aliphatic rings. The molecule has 0 fully saturated rings. The minimum atomic E-state index is -0.659. The number of imidazole rings is 1. The summed E-state index contributed by atoms with van der Waals surface area (Å²) in [5.74, 6) is 0.397. The van der Waals surface area contributed by atoms with Crippen molar-refractivity contribution < 1.29 is 9.53 Å². The molecule has 174 valence electrons. The van der Waals surface area contributed by atoms with Crippen LogP contribution in [0.4, 0.5) is 0 Å². The van der Waals surface area contributed by atoms with Crippen LogP contribution in [-0.2, 0) is 11.3 Å². The van der Waals surface area contributed by atoms with Crippen LogP contribution < -0.4 is 15.6 Å². The number of aromatic nitrogens is 4. The van der Waals surface area contributed by atoms with Crippen LogP contribution in [0.3, 0.4) is 0 Å². The first-order valence-electron chi connectivity index (χ1n) is 11.6. The Morgan fingerprint density at radius 2 is 1.91 bits per heavy atom. The molecule has 8 nitrogen and oxygen atoms in total. The SMILES string of the molecule is C[C@H](Oc1ccc2c(c1)c1ccnc3c4ccccc4c(=O)n2c13)C(=O)NCCCn1ccnc1. The predicted octanol–water partition coefficient (Wildman–Crippen LogP) is 3.76. The summed E-state index contributed by atoms with van der Waals surface area (Å²) in [4.78, 5) is 34.5. The third-order valence-corrected chi connectivity index (χ3v) is 6.40. The zero-order valence-electron chi connectivity index (χ0n) is 19.1. The Kier molecular flexibility index (Phi) is 5.06. The Balaban J connectivity index is 1.29. The Bertz CT molecular complexity index is 1740. The van der Waals surface area contributed by atoms with Crippen LogP contribution in [-0.4, -0.2) is 37.5 Å². The number of hydrogen-bond donors (Lipinski definition) is 1. The van der Waals surface area contributed by atoms with Crippen molar-refractivity contribution in [2.75, 3.05) is 6.54 Å². The summed E-state index contributed by atoms with van der Waals surface area (Å²) in [6, 6.07) is 15.0. The average molecular weight is 466 g/mol. The number of aryl methyl sites for hydroxylation is 1. The van der Waals surface area contributed by atoms with Crippen LogP contribution in [0.1, 0.15) is 13.3 Å². The molecule has 0 saturated carbocycles. The molecule has 6 aromatic rings. The predicted molar refractivity (Wildman–Crippen MR) is 135 cm³/mol. The van der Waals surface area contributed by atoms with Crippen LogP contribution in [0.25, 0.3) is 38.1 Å². The highest BCUT2D eigenvalue weighted by Crippen LogP contribution is 2.34. The van der Waals surface area contributed by atoms with Gasteiger partial charge in [0.05, 0.1) is 22.9 Å². The van der Waals surface area contributed by atoms with Gasteiger partial charge in [0.1, 0.15) is 5.75 Å². The van der Waals surface area contributed by atoms with E-state index in [1.54, 1.807) is 36.1 Å². The molecule has 2 aromatic carbocycles. The van der Waals surface area contributed by atoms with Crippen molar-refractivity contribution in [1.29, 1.82) is 0 Å². The van der Waals surface area contributed by atoms with Crippen molar-refractivity contribution in [1.82, 2.24) is 24.3 Å². The van der Waals surface area contributed by atoms with Crippen LogP contribution in [0.15, 0.2) is 78.2 Å². The fourth-order valence-electron chi connectivity index (χ4n) is 4.72. The van der Waals surface area contributed by atoms with Crippen LogP contribution in [0.2, 0.25) is 0 Å². The van der Waals surface area contributed by atoms with Gasteiger partial charge in [0.2, 0.25) is 0 Å². The summed E-state index contributed by atoms with van der Waals surface area (Å²) < 4.78 is 9.68. The number of pyridine rings is 2. The van der Waals surface area contributed by atoms with E-state index in [2.05, 4.69) is 15.3 Å². The number of nitrogens with zero attached hydrogens (tertiary/aromatic N) is 4. The van der Waals surface area contributed by atoms with Gasteiger partial charge in [-0.3, -0.25) is 19.0 Å². The van der Waals surface area contributed by atoms with Crippen molar-refractivity contribution in [2.45, 2.75) is 26.0 Å². The second-order valence-corrected chi connectivity index (χ2v) is 8.63. The van der Waals surface area contributed by atoms with E-state index in [4.69, 9.17) is 4.74 Å². The number of benzene rings is 2. The first-order chi connectivity index (χ1) is 17.1. The molecular formula is C27H23N5O3. The van der Waals surface area contributed by atoms with Gasteiger partial charge >= 0.3 is 0 Å². The Morgan fingerprint density at radius 3 is 2.74 bits per heavy atom. The molecule has 1 atom stereocenters. The minimum Gasteiger partial charge on any atom is -0.481 e. The number of nitrogens with one attached hydrogen (secondary N) is 1. The van der Waals surface area contributed by atoms with Crippen LogP contribution in [0, 0.1) is 0 Å². The molecule has 6 rings (SSSR count). The number of fused-ring (bicyclic) bond motifs is 5. The lowest BCUT2D eigenvalue weighted by molar-refractivity contribution is -0.127. The molecule has 8 heteroatoms. The molecule has 4 aromatic heterocycles. The van der Waals surface area contributed by atoms with E-state index in [9.17, 15) is 9.59 Å². The molecule has 0 saturated heterocycles. The van der Waals surface area contributed by atoms with Crippen molar-refractivity contribution in [2.24, 2.45) is 0 Å². The molecule has 4 heterocycles. The molecule has 1 amide bonds. The third kappa shape index (κ3) is 3.54. The van der Waals surface area contributed by atoms with E-state index in [1.165, 1.54) is 0 Å². The van der Waals surface area contributed by atoms with Crippen molar-refractivity contribution >= 4 is 44.0 Å². The maximum Gasteiger partial charge on any atom is 0.263 e. The standard InChI is InChI=1S/C27H23N5O3/c1-17(26(33)30-10-4-13-31-14-12-28-16-31)35-18-7-8-23-22(15-18)20-9-11-29-24-19-5-2-3-6-21(19)27(34)32(23)25(20)24/h2-3,5-9,11-12,14-17H,4,10,13H2,1H3,(H,30,33)/t17-/m0/s1. The van der Waals surface area contributed by atoms with E-state index in [1.807, 2.05) is 53.2 Å². The Hall–Kier alpha value is -4.46. The fourth-order valence-corrected chi connectivity index (χ4v) is 4.72. The lowest BCUT2D eigenvalue weighted by atomic mass is 10.1. The Labute approximate surface area is 200 Å². The summed E-state index contributed by atoms with van der Waals surface area (Å²) in [6.07, 6.45) is 7.29. The number of amides is 1. The largest absolute Gasteiger partial charge is 0.481 e. The summed E-state index contributed by atoms with van der Waals surface area (Å²) in [5.41, 5.74) is 2.31. The first kappa shape index (κ1) is 21.1. The molecule has 35 heavy (non-hydrogen) atoms. The van der Waals surface area contributed by atoms with Gasteiger partial charge in [0.15, 0.2) is 6.10 Å². The van der Waals surface area contributed by atoms with Crippen molar-refractivity contribution in [3.05, 3.63) is 83.8 Å². The zero-order valence-corrected chi connectivity index (χ0v) is 19.1. The lowest BCUT2D eigenvalue weighted by Crippen LogP contribution is -2.37. The lowest BCUT2D eigenvalue weighted by Gasteiger charge is -2.15. The smallest absolute Gasteiger partial charge is 0.263 e. The molecule has 0 radical (unpaired) electrons. The molecule has 0 unspecified atom stereocenters. The number of carbonyl (C=O) groups excluding carboxylic acids is 1. The molecule has 0 spiro atoms. The van der Waals surface area contributed by atoms with Gasteiger partial charge in [-0.25, -0.2) is 4.98 Å². The monoisotopic (exact) mass is 465 g/mol. The first-order valence-corrected chi connectivity index (χ1v) is 11.6. The Morgan fingerprint density at radius 1 is 1.06 bits per heavy atom. The number of rotatable bonds is 7. The van der Waals surface area contributed by atoms with Gasteiger partial charge in [-0.2, -0.15) is 0 Å². The zero-order chi connectivity index (χ0) is 23.9. The van der Waals surface area contributed by atoms with Gasteiger partial charge in [-0.05, 0) is 43.7 Å². The van der Waals surface area contributed by atoms with E-state index >= 15 is 0 Å². The van der Waals surface area contributed by atoms with Crippen LogP contribution >= 0.6 is 0 Å². The quantitative estimate of drug-likeness (QED) is 0.286. The number of hydrogen-bond acceptors (Lipinski definition) is 5. The van der Waals surface area contributed by atoms with Crippen molar-refractivity contribution in [3.63, 3.8) is 0 Å². The second kappa shape index (κ2) is 8.39. The fraction of sp³-hybridized carbons (Fsp3) is 0.185. The van der Waals surface area contributed by atoms with Crippen LogP contribution in [0.5, 0.6) is 5.75 Å². The summed E-state index contributed by atoms with van der Waals surface area (Å²) in [5, 5.41) is 6.21. The second-order valence-electron chi connectivity index (χ2n) is 8.63. The summed E-state index contributed by atoms with van der Waals surface area (Å²) in [6.45, 7) is 3.07. The molecule has 0 aliphatic heterocycles. The highest BCUT2D eigenvalue weighted by atomic mass is 16.5. The van der Waals surface area contributed by atoms with Gasteiger partial charge in [-0.1, -0.05) is 18.2 Å².